The Morgan fingerprint density at radius 3 is 2.80 bits per heavy atom. The summed E-state index contributed by atoms with van der Waals surface area (Å²) in [5, 5.41) is 0. The first-order valence-corrected chi connectivity index (χ1v) is 8.81. The summed E-state index contributed by atoms with van der Waals surface area (Å²) in [4.78, 5) is 4.78. The molecule has 2 nitrogen and oxygen atoms in total. The van der Waals surface area contributed by atoms with E-state index in [4.69, 9.17) is 16.6 Å². The maximum Gasteiger partial charge on any atom is 0.111 e. The molecular weight excluding hydrogens is 336 g/mol. The van der Waals surface area contributed by atoms with Gasteiger partial charge in [0.15, 0.2) is 0 Å². The fourth-order valence-electron chi connectivity index (χ4n) is 3.26. The Labute approximate surface area is 133 Å². The number of nitrogens with zero attached hydrogens (tertiary/aromatic N) is 2. The topological polar surface area (TPSA) is 17.8 Å². The largest absolute Gasteiger partial charge is 0.328 e. The summed E-state index contributed by atoms with van der Waals surface area (Å²) in [5.74, 6) is 2.58. The Morgan fingerprint density at radius 1 is 1.25 bits per heavy atom. The first-order chi connectivity index (χ1) is 9.78. The lowest BCUT2D eigenvalue weighted by atomic mass is 9.89. The highest BCUT2D eigenvalue weighted by Gasteiger charge is 2.18. The molecule has 20 heavy (non-hydrogen) atoms. The maximum atomic E-state index is 5.95. The molecule has 0 saturated heterocycles. The van der Waals surface area contributed by atoms with Crippen LogP contribution in [-0.2, 0) is 13.0 Å². The standard InChI is InChI=1S/C16H20BrClN2/c17-13-6-7-15-14(10-13)19-16(8-9-18)20(15)11-12-4-2-1-3-5-12/h6-7,10,12H,1-5,8-9,11H2. The van der Waals surface area contributed by atoms with Crippen molar-refractivity contribution in [3.8, 4) is 0 Å². The van der Waals surface area contributed by atoms with Crippen molar-refractivity contribution in [3.63, 3.8) is 0 Å². The molecule has 0 spiro atoms. The molecule has 108 valence electrons. The number of aryl methyl sites for hydroxylation is 1. The van der Waals surface area contributed by atoms with E-state index in [0.29, 0.717) is 5.88 Å². The van der Waals surface area contributed by atoms with Crippen molar-refractivity contribution in [3.05, 3.63) is 28.5 Å². The van der Waals surface area contributed by atoms with Gasteiger partial charge in [0.1, 0.15) is 5.82 Å². The molecule has 0 unspecified atom stereocenters. The summed E-state index contributed by atoms with van der Waals surface area (Å²) in [7, 11) is 0. The zero-order valence-electron chi connectivity index (χ0n) is 11.6. The number of halogens is 2. The first kappa shape index (κ1) is 14.4. The van der Waals surface area contributed by atoms with Crippen molar-refractivity contribution < 1.29 is 0 Å². The van der Waals surface area contributed by atoms with Gasteiger partial charge in [-0.2, -0.15) is 0 Å². The zero-order chi connectivity index (χ0) is 13.9. The fourth-order valence-corrected chi connectivity index (χ4v) is 3.78. The predicted octanol–water partition coefficient (Wildman–Crippen LogP) is 5.16. The second-order valence-corrected chi connectivity index (χ2v) is 7.01. The van der Waals surface area contributed by atoms with E-state index in [1.165, 1.54) is 37.6 Å². The predicted molar refractivity (Wildman–Crippen MR) is 88.4 cm³/mol. The van der Waals surface area contributed by atoms with E-state index in [1.807, 2.05) is 0 Å². The van der Waals surface area contributed by atoms with E-state index in [2.05, 4.69) is 38.7 Å². The molecule has 1 aliphatic carbocycles. The van der Waals surface area contributed by atoms with E-state index >= 15 is 0 Å². The Kier molecular flexibility index (Phi) is 4.67. The van der Waals surface area contributed by atoms with Crippen molar-refractivity contribution in [1.82, 2.24) is 9.55 Å². The molecule has 1 saturated carbocycles. The first-order valence-electron chi connectivity index (χ1n) is 7.48. The molecule has 0 N–H and O–H groups in total. The van der Waals surface area contributed by atoms with E-state index in [0.717, 1.165) is 34.7 Å². The summed E-state index contributed by atoms with van der Waals surface area (Å²) in [5.41, 5.74) is 2.33. The van der Waals surface area contributed by atoms with Crippen LogP contribution in [0.25, 0.3) is 11.0 Å². The van der Waals surface area contributed by atoms with Gasteiger partial charge in [0.25, 0.3) is 0 Å². The highest BCUT2D eigenvalue weighted by molar-refractivity contribution is 9.10. The van der Waals surface area contributed by atoms with Crippen LogP contribution in [0, 0.1) is 5.92 Å². The van der Waals surface area contributed by atoms with Gasteiger partial charge in [-0.15, -0.1) is 11.6 Å². The molecule has 1 aliphatic rings. The van der Waals surface area contributed by atoms with Crippen LogP contribution >= 0.6 is 27.5 Å². The van der Waals surface area contributed by atoms with Crippen LogP contribution in [0.3, 0.4) is 0 Å². The number of hydrogen-bond donors (Lipinski definition) is 0. The fraction of sp³-hybridized carbons (Fsp3) is 0.562. The van der Waals surface area contributed by atoms with Crippen molar-refractivity contribution in [2.75, 3.05) is 5.88 Å². The summed E-state index contributed by atoms with van der Waals surface area (Å²) in [6, 6.07) is 6.38. The molecule has 2 aromatic rings. The molecule has 4 heteroatoms. The summed E-state index contributed by atoms with van der Waals surface area (Å²) in [6.45, 7) is 1.10. The van der Waals surface area contributed by atoms with Crippen molar-refractivity contribution in [2.24, 2.45) is 5.92 Å². The third kappa shape index (κ3) is 3.04. The highest BCUT2D eigenvalue weighted by Crippen LogP contribution is 2.28. The smallest absolute Gasteiger partial charge is 0.111 e. The Balaban J connectivity index is 1.95. The minimum absolute atomic E-state index is 0.634. The second kappa shape index (κ2) is 6.48. The van der Waals surface area contributed by atoms with E-state index in [9.17, 15) is 0 Å². The van der Waals surface area contributed by atoms with Crippen LogP contribution in [0.15, 0.2) is 22.7 Å². The lowest BCUT2D eigenvalue weighted by Crippen LogP contribution is -2.16. The molecule has 0 radical (unpaired) electrons. The molecular formula is C16H20BrClN2. The number of imidazole rings is 1. The van der Waals surface area contributed by atoms with Crippen LogP contribution in [0.1, 0.15) is 37.9 Å². The van der Waals surface area contributed by atoms with Gasteiger partial charge >= 0.3 is 0 Å². The van der Waals surface area contributed by atoms with Crippen molar-refractivity contribution >= 4 is 38.6 Å². The maximum absolute atomic E-state index is 5.95. The van der Waals surface area contributed by atoms with Gasteiger partial charge in [-0.25, -0.2) is 4.98 Å². The average Bonchev–Trinajstić information content (AvgIpc) is 2.77. The lowest BCUT2D eigenvalue weighted by Gasteiger charge is -2.23. The van der Waals surface area contributed by atoms with Gasteiger partial charge in [0.2, 0.25) is 0 Å². The third-order valence-corrected chi connectivity index (χ3v) is 4.96. The van der Waals surface area contributed by atoms with E-state index in [-0.39, 0.29) is 0 Å². The number of alkyl halides is 1. The van der Waals surface area contributed by atoms with Crippen LogP contribution in [-0.4, -0.2) is 15.4 Å². The summed E-state index contributed by atoms with van der Waals surface area (Å²) >= 11 is 9.48. The number of fused-ring (bicyclic) bond motifs is 1. The van der Waals surface area contributed by atoms with E-state index < -0.39 is 0 Å². The molecule has 0 atom stereocenters. The normalized spacial score (nSPS) is 16.9. The van der Waals surface area contributed by atoms with Gasteiger partial charge < -0.3 is 4.57 Å². The van der Waals surface area contributed by atoms with Gasteiger partial charge in [-0.3, -0.25) is 0 Å². The van der Waals surface area contributed by atoms with Gasteiger partial charge in [0.05, 0.1) is 11.0 Å². The molecule has 1 heterocycles. The quantitative estimate of drug-likeness (QED) is 0.693. The van der Waals surface area contributed by atoms with Gasteiger partial charge in [-0.05, 0) is 37.0 Å². The minimum Gasteiger partial charge on any atom is -0.328 e. The molecule has 0 aliphatic heterocycles. The molecule has 0 amide bonds. The summed E-state index contributed by atoms with van der Waals surface area (Å²) in [6.07, 6.45) is 7.73. The summed E-state index contributed by atoms with van der Waals surface area (Å²) < 4.78 is 3.49. The zero-order valence-corrected chi connectivity index (χ0v) is 14.0. The second-order valence-electron chi connectivity index (χ2n) is 5.71. The van der Waals surface area contributed by atoms with Crippen molar-refractivity contribution in [2.45, 2.75) is 45.1 Å². The highest BCUT2D eigenvalue weighted by atomic mass is 79.9. The van der Waals surface area contributed by atoms with Crippen LogP contribution < -0.4 is 0 Å². The van der Waals surface area contributed by atoms with Gasteiger partial charge in [-0.1, -0.05) is 35.2 Å². The number of aromatic nitrogens is 2. The minimum atomic E-state index is 0.634. The molecule has 1 aromatic carbocycles. The SMILES string of the molecule is ClCCc1nc2cc(Br)ccc2n1CC1CCCCC1. The molecule has 1 aromatic heterocycles. The average molecular weight is 356 g/mol. The third-order valence-electron chi connectivity index (χ3n) is 4.27. The lowest BCUT2D eigenvalue weighted by molar-refractivity contribution is 0.319. The van der Waals surface area contributed by atoms with Crippen LogP contribution in [0.4, 0.5) is 0 Å². The van der Waals surface area contributed by atoms with Gasteiger partial charge in [0, 0.05) is 23.3 Å². The van der Waals surface area contributed by atoms with Crippen LogP contribution in [0.5, 0.6) is 0 Å². The van der Waals surface area contributed by atoms with E-state index in [1.54, 1.807) is 0 Å². The molecule has 0 bridgehead atoms. The monoisotopic (exact) mass is 354 g/mol. The number of benzene rings is 1. The Bertz CT molecular complexity index is 587. The molecule has 3 rings (SSSR count). The Morgan fingerprint density at radius 2 is 2.05 bits per heavy atom. The Hall–Kier alpha value is -0.540. The molecule has 1 fully saturated rings. The van der Waals surface area contributed by atoms with Crippen LogP contribution in [0.2, 0.25) is 0 Å². The number of rotatable bonds is 4. The van der Waals surface area contributed by atoms with Crippen molar-refractivity contribution in [1.29, 1.82) is 0 Å². The number of hydrogen-bond acceptors (Lipinski definition) is 1.